The molecule has 1 aliphatic rings. The maximum absolute atomic E-state index is 6.82. The van der Waals surface area contributed by atoms with Crippen molar-refractivity contribution in [2.45, 2.75) is 88.6 Å². The van der Waals surface area contributed by atoms with E-state index in [0.717, 1.165) is 28.3 Å². The van der Waals surface area contributed by atoms with Crippen LogP contribution in [0.15, 0.2) is 62.2 Å². The second kappa shape index (κ2) is 12.3. The van der Waals surface area contributed by atoms with E-state index in [2.05, 4.69) is 77.1 Å². The van der Waals surface area contributed by atoms with E-state index in [1.165, 1.54) is 10.5 Å². The summed E-state index contributed by atoms with van der Waals surface area (Å²) in [6.45, 7) is 15.8. The van der Waals surface area contributed by atoms with Crippen LogP contribution in [-0.2, 0) is 15.9 Å². The van der Waals surface area contributed by atoms with Gasteiger partial charge in [-0.15, -0.1) is 0 Å². The van der Waals surface area contributed by atoms with Crippen molar-refractivity contribution in [1.29, 1.82) is 0 Å². The van der Waals surface area contributed by atoms with Gasteiger partial charge in [-0.3, -0.25) is 0 Å². The fourth-order valence-electron chi connectivity index (χ4n) is 4.48. The quantitative estimate of drug-likeness (QED) is 0.338. The summed E-state index contributed by atoms with van der Waals surface area (Å²) in [6, 6.07) is 14.9. The minimum absolute atomic E-state index is 0.119. The third-order valence-electron chi connectivity index (χ3n) is 6.28. The molecule has 2 aromatic carbocycles. The van der Waals surface area contributed by atoms with Crippen molar-refractivity contribution in [3.05, 3.63) is 58.6 Å². The first-order valence-corrected chi connectivity index (χ1v) is 13.9. The highest BCUT2D eigenvalue weighted by atomic mass is 35.5. The summed E-state index contributed by atoms with van der Waals surface area (Å²) >= 11 is 8.56. The van der Waals surface area contributed by atoms with Gasteiger partial charge in [0.15, 0.2) is 0 Å². The number of halogens is 1. The molecule has 3 rings (SSSR count). The van der Waals surface area contributed by atoms with Crippen molar-refractivity contribution >= 4 is 35.2 Å². The molecule has 0 N–H and O–H groups in total. The van der Waals surface area contributed by atoms with Crippen LogP contribution in [0.25, 0.3) is 0 Å². The summed E-state index contributed by atoms with van der Waals surface area (Å²) in [5, 5.41) is 0.775. The fraction of sp³-hybridized carbons (Fsp3) is 0.517. The first-order chi connectivity index (χ1) is 16.7. The molecule has 0 aromatic heterocycles. The molecule has 0 bridgehead atoms. The lowest BCUT2D eigenvalue weighted by molar-refractivity contribution is 0.253. The lowest BCUT2D eigenvalue weighted by Gasteiger charge is -2.36. The Morgan fingerprint density at radius 3 is 2.34 bits per heavy atom. The number of hydrogen-bond donors (Lipinski definition) is 0. The molecule has 1 aliphatic heterocycles. The molecule has 190 valence electrons. The number of rotatable bonds is 9. The zero-order chi connectivity index (χ0) is 25.6. The Hall–Kier alpha value is -1.98. The molecule has 0 saturated carbocycles. The second-order valence-electron chi connectivity index (χ2n) is 9.60. The van der Waals surface area contributed by atoms with Gasteiger partial charge in [0.1, 0.15) is 11.6 Å². The van der Waals surface area contributed by atoms with Gasteiger partial charge in [-0.25, -0.2) is 9.98 Å². The van der Waals surface area contributed by atoms with Crippen LogP contribution in [-0.4, -0.2) is 36.6 Å². The van der Waals surface area contributed by atoms with E-state index in [1.807, 2.05) is 13.8 Å². The summed E-state index contributed by atoms with van der Waals surface area (Å²) in [4.78, 5) is 12.4. The van der Waals surface area contributed by atoms with E-state index < -0.39 is 5.54 Å². The monoisotopic (exact) mass is 514 g/mol. The van der Waals surface area contributed by atoms with E-state index in [0.29, 0.717) is 25.0 Å². The van der Waals surface area contributed by atoms with Crippen molar-refractivity contribution in [3.63, 3.8) is 0 Å². The van der Waals surface area contributed by atoms with Crippen LogP contribution in [0.1, 0.15) is 71.9 Å². The Kier molecular flexibility index (Phi) is 9.71. The minimum Gasteiger partial charge on any atom is -0.480 e. The van der Waals surface area contributed by atoms with E-state index in [4.69, 9.17) is 31.1 Å². The molecule has 0 saturated heterocycles. The summed E-state index contributed by atoms with van der Waals surface area (Å²) in [5.41, 5.74) is 1.84. The van der Waals surface area contributed by atoms with Crippen LogP contribution in [0.4, 0.5) is 0 Å². The van der Waals surface area contributed by atoms with Gasteiger partial charge in [-0.05, 0) is 80.8 Å². The Morgan fingerprint density at radius 2 is 1.71 bits per heavy atom. The number of aliphatic imine (C=N–C) groups is 2. The molecular formula is C29H39ClN2O2S. The number of hydrogen-bond acceptors (Lipinski definition) is 5. The maximum atomic E-state index is 6.82. The molecular weight excluding hydrogens is 476 g/mol. The highest BCUT2D eigenvalue weighted by molar-refractivity contribution is 7.99. The maximum Gasteiger partial charge on any atom is 0.212 e. The molecule has 0 spiro atoms. The van der Waals surface area contributed by atoms with Gasteiger partial charge in [0, 0.05) is 14.8 Å². The lowest BCUT2D eigenvalue weighted by Crippen LogP contribution is -2.46. The number of benzene rings is 2. The van der Waals surface area contributed by atoms with Gasteiger partial charge >= 0.3 is 0 Å². The summed E-state index contributed by atoms with van der Waals surface area (Å²) in [6.07, 6.45) is 1.75. The normalized spacial score (nSPS) is 20.9. The number of ether oxygens (including phenoxy) is 2. The largest absolute Gasteiger partial charge is 0.480 e. The van der Waals surface area contributed by atoms with Crippen LogP contribution >= 0.6 is 23.4 Å². The molecule has 35 heavy (non-hydrogen) atoms. The van der Waals surface area contributed by atoms with Crippen molar-refractivity contribution in [2.75, 3.05) is 13.2 Å². The highest BCUT2D eigenvalue weighted by Crippen LogP contribution is 2.38. The van der Waals surface area contributed by atoms with Gasteiger partial charge in [-0.2, -0.15) is 0 Å². The van der Waals surface area contributed by atoms with Gasteiger partial charge in [0.05, 0.1) is 13.2 Å². The van der Waals surface area contributed by atoms with E-state index in [-0.39, 0.29) is 17.9 Å². The van der Waals surface area contributed by atoms with Crippen LogP contribution in [0.3, 0.4) is 0 Å². The second-order valence-corrected chi connectivity index (χ2v) is 11.2. The van der Waals surface area contributed by atoms with E-state index in [9.17, 15) is 0 Å². The van der Waals surface area contributed by atoms with Gasteiger partial charge in [-0.1, -0.05) is 69.3 Å². The Balaban J connectivity index is 1.83. The van der Waals surface area contributed by atoms with Crippen molar-refractivity contribution in [2.24, 2.45) is 15.9 Å². The molecule has 0 radical (unpaired) electrons. The van der Waals surface area contributed by atoms with Crippen LogP contribution < -0.4 is 0 Å². The SMILES string of the molecule is CCOC1=N[C@](C)(CC(C)c2ccc(Sc3cccc(CC)c3)cc2Cl)C(OCC)=N[C@H]1C(C)C. The van der Waals surface area contributed by atoms with Gasteiger partial charge < -0.3 is 9.47 Å². The first kappa shape index (κ1) is 27.6. The van der Waals surface area contributed by atoms with Crippen LogP contribution in [0.5, 0.6) is 0 Å². The molecule has 0 fully saturated rings. The van der Waals surface area contributed by atoms with Gasteiger partial charge in [0.25, 0.3) is 0 Å². The third kappa shape index (κ3) is 6.83. The zero-order valence-electron chi connectivity index (χ0n) is 22.1. The Bertz CT molecular complexity index is 1070. The summed E-state index contributed by atoms with van der Waals surface area (Å²) in [7, 11) is 0. The molecule has 0 amide bonds. The summed E-state index contributed by atoms with van der Waals surface area (Å²) in [5.74, 6) is 1.82. The molecule has 3 atom stereocenters. The topological polar surface area (TPSA) is 43.2 Å². The average Bonchev–Trinajstić information content (AvgIpc) is 2.81. The average molecular weight is 515 g/mol. The van der Waals surface area contributed by atoms with Crippen molar-refractivity contribution in [1.82, 2.24) is 0 Å². The smallest absolute Gasteiger partial charge is 0.212 e. The Morgan fingerprint density at radius 1 is 1.00 bits per heavy atom. The highest BCUT2D eigenvalue weighted by Gasteiger charge is 2.41. The molecule has 1 heterocycles. The predicted molar refractivity (Wildman–Crippen MR) is 150 cm³/mol. The minimum atomic E-state index is -0.608. The number of nitrogens with zero attached hydrogens (tertiary/aromatic N) is 2. The fourth-order valence-corrected chi connectivity index (χ4v) is 5.86. The van der Waals surface area contributed by atoms with E-state index in [1.54, 1.807) is 11.8 Å². The van der Waals surface area contributed by atoms with Gasteiger partial charge in [0.2, 0.25) is 11.8 Å². The zero-order valence-corrected chi connectivity index (χ0v) is 23.7. The number of aryl methyl sites for hydroxylation is 1. The van der Waals surface area contributed by atoms with Crippen LogP contribution in [0, 0.1) is 5.92 Å². The molecule has 6 heteroatoms. The summed E-state index contributed by atoms with van der Waals surface area (Å²) < 4.78 is 12.0. The standard InChI is InChI=1S/C29H39ClN2O2S/c1-8-21-12-11-13-22(16-21)35-23-14-15-24(25(30)17-23)20(6)18-29(7)28(34-10-3)31-26(19(4)5)27(32-29)33-9-2/h11-17,19-20,26H,8-10,18H2,1-7H3/t20?,26-,29+/m0/s1. The molecule has 0 aliphatic carbocycles. The van der Waals surface area contributed by atoms with Crippen molar-refractivity contribution < 1.29 is 9.47 Å². The van der Waals surface area contributed by atoms with Crippen molar-refractivity contribution in [3.8, 4) is 0 Å². The first-order valence-electron chi connectivity index (χ1n) is 12.7. The van der Waals surface area contributed by atoms with E-state index >= 15 is 0 Å². The molecule has 2 aromatic rings. The Labute approximate surface area is 220 Å². The molecule has 4 nitrogen and oxygen atoms in total. The molecule has 1 unspecified atom stereocenters. The lowest BCUT2D eigenvalue weighted by atomic mass is 9.84. The van der Waals surface area contributed by atoms with Crippen LogP contribution in [0.2, 0.25) is 5.02 Å². The predicted octanol–water partition coefficient (Wildman–Crippen LogP) is 8.21. The third-order valence-corrected chi connectivity index (χ3v) is 7.59.